The number of carbonyl (C=O) groups excluding carboxylic acids is 1. The summed E-state index contributed by atoms with van der Waals surface area (Å²) in [5, 5.41) is 8.41. The predicted octanol–water partition coefficient (Wildman–Crippen LogP) is 3.33. The molecule has 7 heteroatoms. The Morgan fingerprint density at radius 3 is 1.96 bits per heavy atom. The van der Waals surface area contributed by atoms with Crippen LogP contribution in [0.25, 0.3) is 0 Å². The largest absolute Gasteiger partial charge is 0.360 e. The van der Waals surface area contributed by atoms with Gasteiger partial charge in [0.05, 0.1) is 28.5 Å². The molecule has 4 N–H and O–H groups in total. The number of nitrogens with zero attached hydrogens (tertiary/aromatic N) is 2. The Labute approximate surface area is 151 Å². The zero-order valence-electron chi connectivity index (χ0n) is 14.6. The minimum absolute atomic E-state index is 0.270. The number of benzene rings is 1. The van der Waals surface area contributed by atoms with E-state index in [1.54, 1.807) is 24.3 Å². The average molecular weight is 348 g/mol. The summed E-state index contributed by atoms with van der Waals surface area (Å²) in [5.74, 6) is -0.270. The Morgan fingerprint density at radius 1 is 0.846 bits per heavy atom. The van der Waals surface area contributed by atoms with Gasteiger partial charge in [-0.15, -0.1) is 0 Å². The highest BCUT2D eigenvalue weighted by atomic mass is 16.2. The van der Waals surface area contributed by atoms with Gasteiger partial charge in [0.25, 0.3) is 5.91 Å². The van der Waals surface area contributed by atoms with Crippen molar-refractivity contribution in [1.29, 1.82) is 0 Å². The molecule has 0 spiro atoms. The molecular formula is C19H20N6O. The summed E-state index contributed by atoms with van der Waals surface area (Å²) in [6.07, 6.45) is 3.66. The molecule has 7 nitrogen and oxygen atoms in total. The van der Waals surface area contributed by atoms with Gasteiger partial charge >= 0.3 is 0 Å². The van der Waals surface area contributed by atoms with Gasteiger partial charge in [0.15, 0.2) is 0 Å². The van der Waals surface area contributed by atoms with Crippen LogP contribution in [0.5, 0.6) is 0 Å². The third-order valence-electron chi connectivity index (χ3n) is 3.80. The van der Waals surface area contributed by atoms with Crippen LogP contribution in [0.2, 0.25) is 0 Å². The lowest BCUT2D eigenvalue weighted by Crippen LogP contribution is -2.19. The molecule has 0 radical (unpaired) electrons. The van der Waals surface area contributed by atoms with Gasteiger partial charge in [-0.05, 0) is 62.4 Å². The first-order valence-electron chi connectivity index (χ1n) is 8.16. The molecule has 0 saturated carbocycles. The highest BCUT2D eigenvalue weighted by molar-refractivity contribution is 6.00. The average Bonchev–Trinajstić information content (AvgIpc) is 3.38. The zero-order valence-corrected chi connectivity index (χ0v) is 14.6. The van der Waals surface area contributed by atoms with E-state index in [9.17, 15) is 4.79 Å². The van der Waals surface area contributed by atoms with E-state index in [1.807, 2.05) is 50.5 Å². The number of hydrogen-bond donors (Lipinski definition) is 4. The van der Waals surface area contributed by atoms with Crippen molar-refractivity contribution in [3.05, 3.63) is 77.9 Å². The normalized spacial score (nSPS) is 12.1. The van der Waals surface area contributed by atoms with Gasteiger partial charge < -0.3 is 9.97 Å². The van der Waals surface area contributed by atoms with Crippen molar-refractivity contribution in [2.45, 2.75) is 13.8 Å². The number of rotatable bonds is 6. The molecule has 26 heavy (non-hydrogen) atoms. The summed E-state index contributed by atoms with van der Waals surface area (Å²) >= 11 is 0. The molecule has 0 fully saturated rings. The minimum Gasteiger partial charge on any atom is -0.360 e. The van der Waals surface area contributed by atoms with Crippen molar-refractivity contribution in [2.24, 2.45) is 10.2 Å². The fourth-order valence-electron chi connectivity index (χ4n) is 2.27. The van der Waals surface area contributed by atoms with E-state index in [4.69, 9.17) is 0 Å². The van der Waals surface area contributed by atoms with Crippen LogP contribution in [0.3, 0.4) is 0 Å². The summed E-state index contributed by atoms with van der Waals surface area (Å²) in [6.45, 7) is 3.73. The first-order valence-corrected chi connectivity index (χ1v) is 8.16. The monoisotopic (exact) mass is 348 g/mol. The summed E-state index contributed by atoms with van der Waals surface area (Å²) in [4.78, 5) is 18.3. The Hall–Kier alpha value is -3.61. The topological polar surface area (TPSA) is 97.4 Å². The number of anilines is 1. The van der Waals surface area contributed by atoms with Gasteiger partial charge in [-0.3, -0.25) is 10.2 Å². The SMILES string of the molecule is C/C(=N\NC(=O)c1ccc(N/N=C(\C)c2ccc[nH]2)cc1)c1ccc[nH]1. The van der Waals surface area contributed by atoms with E-state index in [2.05, 4.69) is 31.0 Å². The number of carbonyl (C=O) groups is 1. The maximum Gasteiger partial charge on any atom is 0.271 e. The number of hydrazone groups is 2. The maximum absolute atomic E-state index is 12.2. The van der Waals surface area contributed by atoms with E-state index >= 15 is 0 Å². The van der Waals surface area contributed by atoms with Crippen molar-refractivity contribution in [3.8, 4) is 0 Å². The molecule has 0 atom stereocenters. The molecule has 0 unspecified atom stereocenters. The molecule has 1 aromatic carbocycles. The smallest absolute Gasteiger partial charge is 0.271 e. The van der Waals surface area contributed by atoms with Gasteiger partial charge in [-0.2, -0.15) is 10.2 Å². The van der Waals surface area contributed by atoms with E-state index in [0.717, 1.165) is 22.8 Å². The van der Waals surface area contributed by atoms with Crippen LogP contribution < -0.4 is 10.9 Å². The number of aromatic nitrogens is 2. The predicted molar refractivity (Wildman–Crippen MR) is 104 cm³/mol. The van der Waals surface area contributed by atoms with Crippen LogP contribution in [0.1, 0.15) is 35.6 Å². The van der Waals surface area contributed by atoms with Crippen molar-refractivity contribution >= 4 is 23.0 Å². The number of H-pyrrole nitrogens is 2. The molecule has 132 valence electrons. The van der Waals surface area contributed by atoms with Crippen molar-refractivity contribution < 1.29 is 4.79 Å². The molecule has 2 aromatic heterocycles. The molecule has 2 heterocycles. The molecule has 0 saturated heterocycles. The van der Waals surface area contributed by atoms with Crippen LogP contribution in [0.4, 0.5) is 5.69 Å². The van der Waals surface area contributed by atoms with Crippen LogP contribution in [0, 0.1) is 0 Å². The summed E-state index contributed by atoms with van der Waals surface area (Å²) < 4.78 is 0. The van der Waals surface area contributed by atoms with E-state index in [0.29, 0.717) is 11.3 Å². The quantitative estimate of drug-likeness (QED) is 0.406. The molecule has 1 amide bonds. The van der Waals surface area contributed by atoms with Crippen molar-refractivity contribution in [2.75, 3.05) is 5.43 Å². The lowest BCUT2D eigenvalue weighted by Gasteiger charge is -2.05. The summed E-state index contributed by atoms with van der Waals surface area (Å²) in [5.41, 5.74) is 10.2. The Kier molecular flexibility index (Phi) is 5.28. The number of hydrogen-bond acceptors (Lipinski definition) is 4. The zero-order chi connectivity index (χ0) is 18.4. The molecule has 3 rings (SSSR count). The highest BCUT2D eigenvalue weighted by Crippen LogP contribution is 2.10. The van der Waals surface area contributed by atoms with Crippen molar-refractivity contribution in [1.82, 2.24) is 15.4 Å². The molecule has 0 aliphatic rings. The molecule has 0 aliphatic carbocycles. The second-order valence-corrected chi connectivity index (χ2v) is 5.69. The van der Waals surface area contributed by atoms with E-state index in [1.165, 1.54) is 0 Å². The van der Waals surface area contributed by atoms with E-state index < -0.39 is 0 Å². The number of aromatic amines is 2. The number of nitrogens with one attached hydrogen (secondary N) is 4. The van der Waals surface area contributed by atoms with Gasteiger partial charge in [-0.25, -0.2) is 5.43 Å². The third kappa shape index (κ3) is 4.27. The second kappa shape index (κ2) is 7.98. The Bertz CT molecular complexity index is 906. The van der Waals surface area contributed by atoms with Gasteiger partial charge in [0, 0.05) is 18.0 Å². The first-order chi connectivity index (χ1) is 12.6. The maximum atomic E-state index is 12.2. The molecular weight excluding hydrogens is 328 g/mol. The summed E-state index contributed by atoms with van der Waals surface area (Å²) in [7, 11) is 0. The van der Waals surface area contributed by atoms with Crippen molar-refractivity contribution in [3.63, 3.8) is 0 Å². The lowest BCUT2D eigenvalue weighted by molar-refractivity contribution is 0.0955. The highest BCUT2D eigenvalue weighted by Gasteiger charge is 2.05. The molecule has 0 aliphatic heterocycles. The Morgan fingerprint density at radius 2 is 1.42 bits per heavy atom. The Balaban J connectivity index is 1.59. The fourth-order valence-corrected chi connectivity index (χ4v) is 2.27. The van der Waals surface area contributed by atoms with Crippen LogP contribution in [0.15, 0.2) is 71.1 Å². The second-order valence-electron chi connectivity index (χ2n) is 5.69. The molecule has 3 aromatic rings. The lowest BCUT2D eigenvalue weighted by atomic mass is 10.2. The van der Waals surface area contributed by atoms with E-state index in [-0.39, 0.29) is 5.91 Å². The standard InChI is InChI=1S/C19H20N6O/c1-13(17-5-3-11-20-17)22-24-16-9-7-15(8-10-16)19(26)25-23-14(2)18-6-4-12-21-18/h3-12,20-21,24H,1-2H3,(H,25,26)/b22-13+,23-14+. The number of amides is 1. The van der Waals surface area contributed by atoms with Crippen LogP contribution in [-0.4, -0.2) is 27.3 Å². The van der Waals surface area contributed by atoms with Gasteiger partial charge in [-0.1, -0.05) is 0 Å². The summed E-state index contributed by atoms with van der Waals surface area (Å²) in [6, 6.07) is 14.7. The fraction of sp³-hybridized carbons (Fsp3) is 0.105. The minimum atomic E-state index is -0.270. The van der Waals surface area contributed by atoms with Crippen LogP contribution >= 0.6 is 0 Å². The van der Waals surface area contributed by atoms with Crippen LogP contribution in [-0.2, 0) is 0 Å². The first kappa shape index (κ1) is 17.2. The molecule has 0 bridgehead atoms. The third-order valence-corrected chi connectivity index (χ3v) is 3.80. The van der Waals surface area contributed by atoms with Gasteiger partial charge in [0.1, 0.15) is 0 Å². The van der Waals surface area contributed by atoms with Gasteiger partial charge in [0.2, 0.25) is 0 Å².